The van der Waals surface area contributed by atoms with Crippen LogP contribution in [0, 0.1) is 5.92 Å². The van der Waals surface area contributed by atoms with Crippen LogP contribution in [0.1, 0.15) is 19.3 Å². The highest BCUT2D eigenvalue weighted by atomic mass is 35.5. The molecule has 2 aromatic rings. The summed E-state index contributed by atoms with van der Waals surface area (Å²) in [6, 6.07) is 5.81. The maximum Gasteiger partial charge on any atom is 0.223 e. The Hall–Kier alpha value is -1.55. The van der Waals surface area contributed by atoms with Gasteiger partial charge in [0.05, 0.1) is 16.7 Å². The lowest BCUT2D eigenvalue weighted by Crippen LogP contribution is -2.26. The molecule has 1 N–H and O–H groups in total. The number of aromatic nitrogens is 2. The van der Waals surface area contributed by atoms with Crippen LogP contribution in [0.3, 0.4) is 0 Å². The Morgan fingerprint density at radius 2 is 2.32 bits per heavy atom. The first-order valence-electron chi connectivity index (χ1n) is 6.63. The molecular formula is C14H16ClN3O. The molecule has 0 bridgehead atoms. The zero-order valence-corrected chi connectivity index (χ0v) is 11.4. The summed E-state index contributed by atoms with van der Waals surface area (Å²) in [5.41, 5.74) is 1.04. The third-order valence-electron chi connectivity index (χ3n) is 3.43. The van der Waals surface area contributed by atoms with E-state index in [4.69, 9.17) is 11.6 Å². The summed E-state index contributed by atoms with van der Waals surface area (Å²) in [4.78, 5) is 11.5. The second kappa shape index (κ2) is 5.21. The monoisotopic (exact) mass is 277 g/mol. The molecule has 1 heterocycles. The second-order valence-corrected chi connectivity index (χ2v) is 5.37. The lowest BCUT2D eigenvalue weighted by molar-refractivity contribution is -0.122. The van der Waals surface area contributed by atoms with Crippen LogP contribution in [0.25, 0.3) is 10.9 Å². The number of fused-ring (bicyclic) bond motifs is 1. The number of nitrogens with zero attached hydrogens (tertiary/aromatic N) is 2. The van der Waals surface area contributed by atoms with Crippen molar-refractivity contribution in [3.05, 3.63) is 29.4 Å². The first kappa shape index (κ1) is 12.5. The summed E-state index contributed by atoms with van der Waals surface area (Å²) in [7, 11) is 0. The summed E-state index contributed by atoms with van der Waals surface area (Å²) in [5, 5.41) is 9.01. The number of rotatable bonds is 5. The van der Waals surface area contributed by atoms with E-state index in [-0.39, 0.29) is 11.8 Å². The van der Waals surface area contributed by atoms with Gasteiger partial charge in [-0.2, -0.15) is 5.10 Å². The van der Waals surface area contributed by atoms with Crippen LogP contribution in [0.4, 0.5) is 0 Å². The molecule has 1 aromatic heterocycles. The van der Waals surface area contributed by atoms with Gasteiger partial charge >= 0.3 is 0 Å². The number of hydrogen-bond acceptors (Lipinski definition) is 2. The topological polar surface area (TPSA) is 46.9 Å². The van der Waals surface area contributed by atoms with E-state index in [2.05, 4.69) is 10.4 Å². The minimum Gasteiger partial charge on any atom is -0.356 e. The van der Waals surface area contributed by atoms with E-state index >= 15 is 0 Å². The number of amides is 1. The lowest BCUT2D eigenvalue weighted by Gasteiger charge is -2.05. The average molecular weight is 278 g/mol. The predicted molar refractivity (Wildman–Crippen MR) is 75.1 cm³/mol. The van der Waals surface area contributed by atoms with E-state index in [1.807, 2.05) is 22.9 Å². The summed E-state index contributed by atoms with van der Waals surface area (Å²) in [6.45, 7) is 1.49. The molecule has 4 nitrogen and oxygen atoms in total. The van der Waals surface area contributed by atoms with E-state index in [9.17, 15) is 4.79 Å². The molecule has 0 aliphatic heterocycles. The Balaban J connectivity index is 1.56. The Bertz CT molecular complexity index is 604. The van der Waals surface area contributed by atoms with E-state index in [1.165, 1.54) is 0 Å². The maximum atomic E-state index is 11.5. The van der Waals surface area contributed by atoms with Crippen LogP contribution in [0.15, 0.2) is 24.4 Å². The van der Waals surface area contributed by atoms with Gasteiger partial charge in [-0.25, -0.2) is 0 Å². The fraction of sp³-hybridized carbons (Fsp3) is 0.429. The van der Waals surface area contributed by atoms with E-state index in [1.54, 1.807) is 6.20 Å². The number of hydrogen-bond donors (Lipinski definition) is 1. The Kier molecular flexibility index (Phi) is 3.42. The quantitative estimate of drug-likeness (QED) is 0.854. The number of carbonyl (C=O) groups excluding carboxylic acids is 1. The van der Waals surface area contributed by atoms with Gasteiger partial charge in [-0.15, -0.1) is 0 Å². The number of halogens is 1. The van der Waals surface area contributed by atoms with Gasteiger partial charge in [-0.1, -0.05) is 17.7 Å². The molecule has 0 saturated heterocycles. The molecule has 19 heavy (non-hydrogen) atoms. The fourth-order valence-electron chi connectivity index (χ4n) is 2.18. The van der Waals surface area contributed by atoms with Gasteiger partial charge in [0.1, 0.15) is 0 Å². The van der Waals surface area contributed by atoms with Crippen molar-refractivity contribution >= 4 is 28.4 Å². The van der Waals surface area contributed by atoms with Crippen LogP contribution in [0.2, 0.25) is 5.02 Å². The molecule has 1 fully saturated rings. The summed E-state index contributed by atoms with van der Waals surface area (Å²) in [5.74, 6) is 0.484. The lowest BCUT2D eigenvalue weighted by atomic mass is 10.2. The van der Waals surface area contributed by atoms with Crippen LogP contribution < -0.4 is 5.32 Å². The van der Waals surface area contributed by atoms with Crippen molar-refractivity contribution < 1.29 is 4.79 Å². The number of carbonyl (C=O) groups is 1. The maximum absolute atomic E-state index is 11.5. The summed E-state index contributed by atoms with van der Waals surface area (Å²) in [6.07, 6.45) is 4.77. The zero-order valence-electron chi connectivity index (χ0n) is 10.6. The van der Waals surface area contributed by atoms with Crippen molar-refractivity contribution in [2.75, 3.05) is 6.54 Å². The van der Waals surface area contributed by atoms with E-state index in [0.29, 0.717) is 6.54 Å². The minimum absolute atomic E-state index is 0.202. The Morgan fingerprint density at radius 1 is 1.47 bits per heavy atom. The molecule has 0 radical (unpaired) electrons. The summed E-state index contributed by atoms with van der Waals surface area (Å²) >= 11 is 6.10. The molecule has 0 atom stereocenters. The predicted octanol–water partition coefficient (Wildman–Crippen LogP) is 2.61. The third kappa shape index (κ3) is 2.73. The van der Waals surface area contributed by atoms with Gasteiger partial charge in [0.15, 0.2) is 0 Å². The van der Waals surface area contributed by atoms with Crippen molar-refractivity contribution in [1.82, 2.24) is 15.1 Å². The molecule has 1 saturated carbocycles. The molecule has 3 rings (SSSR count). The van der Waals surface area contributed by atoms with Crippen molar-refractivity contribution in [2.45, 2.75) is 25.8 Å². The first-order chi connectivity index (χ1) is 9.25. The summed E-state index contributed by atoms with van der Waals surface area (Å²) < 4.78 is 1.94. The molecular weight excluding hydrogens is 262 g/mol. The molecule has 1 aromatic carbocycles. The highest BCUT2D eigenvalue weighted by molar-refractivity contribution is 6.35. The third-order valence-corrected chi connectivity index (χ3v) is 3.76. The first-order valence-corrected chi connectivity index (χ1v) is 7.01. The molecule has 0 spiro atoms. The number of nitrogens with one attached hydrogen (secondary N) is 1. The average Bonchev–Trinajstić information content (AvgIpc) is 3.17. The number of aryl methyl sites for hydroxylation is 1. The zero-order chi connectivity index (χ0) is 13.2. The van der Waals surface area contributed by atoms with E-state index in [0.717, 1.165) is 41.7 Å². The van der Waals surface area contributed by atoms with Crippen molar-refractivity contribution in [2.24, 2.45) is 5.92 Å². The van der Waals surface area contributed by atoms with Gasteiger partial charge in [0.25, 0.3) is 0 Å². The van der Waals surface area contributed by atoms with Crippen molar-refractivity contribution in [3.63, 3.8) is 0 Å². The number of benzene rings is 1. The second-order valence-electron chi connectivity index (χ2n) is 4.96. The Labute approximate surface area is 116 Å². The molecule has 5 heteroatoms. The SMILES string of the molecule is O=C(NCCCn1ncc2c(Cl)cccc21)C1CC1. The van der Waals surface area contributed by atoms with Gasteiger partial charge in [-0.05, 0) is 31.4 Å². The van der Waals surface area contributed by atoms with Crippen LogP contribution in [-0.2, 0) is 11.3 Å². The molecule has 1 amide bonds. The van der Waals surface area contributed by atoms with Crippen LogP contribution in [-0.4, -0.2) is 22.2 Å². The standard InChI is InChI=1S/C14H16ClN3O/c15-12-3-1-4-13-11(12)9-17-18(13)8-2-7-16-14(19)10-5-6-10/h1,3-4,9-10H,2,5-8H2,(H,16,19). The molecule has 1 aliphatic rings. The van der Waals surface area contributed by atoms with Gasteiger partial charge in [-0.3, -0.25) is 9.48 Å². The molecule has 100 valence electrons. The van der Waals surface area contributed by atoms with Crippen molar-refractivity contribution in [3.8, 4) is 0 Å². The van der Waals surface area contributed by atoms with Gasteiger partial charge < -0.3 is 5.32 Å². The highest BCUT2D eigenvalue weighted by Crippen LogP contribution is 2.28. The van der Waals surface area contributed by atoms with Crippen LogP contribution >= 0.6 is 11.6 Å². The highest BCUT2D eigenvalue weighted by Gasteiger charge is 2.28. The normalized spacial score (nSPS) is 14.8. The fourth-order valence-corrected chi connectivity index (χ4v) is 2.39. The van der Waals surface area contributed by atoms with Crippen LogP contribution in [0.5, 0.6) is 0 Å². The van der Waals surface area contributed by atoms with Crippen molar-refractivity contribution in [1.29, 1.82) is 0 Å². The van der Waals surface area contributed by atoms with E-state index < -0.39 is 0 Å². The van der Waals surface area contributed by atoms with Gasteiger partial charge in [0, 0.05) is 24.4 Å². The molecule has 1 aliphatic carbocycles. The minimum atomic E-state index is 0.202. The molecule has 0 unspecified atom stereocenters. The largest absolute Gasteiger partial charge is 0.356 e. The smallest absolute Gasteiger partial charge is 0.223 e. The van der Waals surface area contributed by atoms with Gasteiger partial charge in [0.2, 0.25) is 5.91 Å². The Morgan fingerprint density at radius 3 is 3.11 bits per heavy atom.